The molecule has 1 rings (SSSR count). The van der Waals surface area contributed by atoms with Crippen LogP contribution in [0.15, 0.2) is 4.90 Å². The Morgan fingerprint density at radius 1 is 1.00 bits per heavy atom. The standard InChI is InChI=1S/C7H2F4N2S/c8-2-4(10)7(14-1-12)5(11)3(9)6(2)13/h13H2. The maximum Gasteiger partial charge on any atom is 0.186 e. The van der Waals surface area contributed by atoms with Crippen LogP contribution in [0, 0.1) is 33.9 Å². The Balaban J connectivity index is 3.53. The SMILES string of the molecule is N#CSc1c(F)c(F)c(N)c(F)c1F. The molecule has 0 aliphatic heterocycles. The topological polar surface area (TPSA) is 49.8 Å². The van der Waals surface area contributed by atoms with E-state index in [9.17, 15) is 17.6 Å². The highest BCUT2D eigenvalue weighted by molar-refractivity contribution is 8.03. The fraction of sp³-hybridized carbons (Fsp3) is 0. The molecule has 0 unspecified atom stereocenters. The number of hydrogen-bond acceptors (Lipinski definition) is 3. The number of benzene rings is 1. The lowest BCUT2D eigenvalue weighted by atomic mass is 10.2. The summed E-state index contributed by atoms with van der Waals surface area (Å²) in [6, 6.07) is 0. The smallest absolute Gasteiger partial charge is 0.186 e. The van der Waals surface area contributed by atoms with Crippen LogP contribution in [0.5, 0.6) is 0 Å². The Bertz CT molecular complexity index is 398. The van der Waals surface area contributed by atoms with Crippen molar-refractivity contribution >= 4 is 17.4 Å². The molecule has 14 heavy (non-hydrogen) atoms. The summed E-state index contributed by atoms with van der Waals surface area (Å²) in [5.74, 6) is -6.70. The van der Waals surface area contributed by atoms with Crippen LogP contribution in [0.2, 0.25) is 0 Å². The van der Waals surface area contributed by atoms with Gasteiger partial charge < -0.3 is 5.73 Å². The fourth-order valence-electron chi connectivity index (χ4n) is 0.764. The summed E-state index contributed by atoms with van der Waals surface area (Å²) >= 11 is -0.0144. The van der Waals surface area contributed by atoms with Gasteiger partial charge in [0, 0.05) is 0 Å². The van der Waals surface area contributed by atoms with E-state index in [1.54, 1.807) is 0 Å². The van der Waals surface area contributed by atoms with Crippen LogP contribution in [0.25, 0.3) is 0 Å². The van der Waals surface area contributed by atoms with Gasteiger partial charge in [0.15, 0.2) is 23.3 Å². The molecule has 0 aliphatic carbocycles. The Labute approximate surface area is 80.3 Å². The third-order valence-corrected chi connectivity index (χ3v) is 2.06. The highest BCUT2D eigenvalue weighted by Gasteiger charge is 2.23. The molecule has 2 nitrogen and oxygen atoms in total. The molecule has 0 heterocycles. The molecule has 0 bridgehead atoms. The number of nitrogens with zero attached hydrogens (tertiary/aromatic N) is 1. The molecule has 0 aliphatic rings. The van der Waals surface area contributed by atoms with Crippen LogP contribution in [0.3, 0.4) is 0 Å². The van der Waals surface area contributed by atoms with E-state index < -0.39 is 33.9 Å². The van der Waals surface area contributed by atoms with E-state index in [4.69, 9.17) is 11.0 Å². The molecule has 2 N–H and O–H groups in total. The molecule has 1 aromatic rings. The van der Waals surface area contributed by atoms with Gasteiger partial charge in [0.05, 0.1) is 0 Å². The molecule has 0 fully saturated rings. The Kier molecular flexibility index (Phi) is 2.86. The van der Waals surface area contributed by atoms with Crippen molar-refractivity contribution in [1.82, 2.24) is 0 Å². The van der Waals surface area contributed by atoms with Crippen molar-refractivity contribution in [3.63, 3.8) is 0 Å². The molecule has 7 heteroatoms. The second kappa shape index (κ2) is 3.75. The van der Waals surface area contributed by atoms with Crippen LogP contribution in [-0.4, -0.2) is 0 Å². The zero-order valence-electron chi connectivity index (χ0n) is 6.44. The van der Waals surface area contributed by atoms with E-state index in [1.165, 1.54) is 5.40 Å². The van der Waals surface area contributed by atoms with Crippen LogP contribution in [-0.2, 0) is 0 Å². The summed E-state index contributed by atoms with van der Waals surface area (Å²) in [4.78, 5) is -1.03. The lowest BCUT2D eigenvalue weighted by Crippen LogP contribution is -2.04. The zero-order valence-corrected chi connectivity index (χ0v) is 7.26. The minimum Gasteiger partial charge on any atom is -0.394 e. The molecule has 0 amide bonds. The highest BCUT2D eigenvalue weighted by Crippen LogP contribution is 2.31. The van der Waals surface area contributed by atoms with Crippen molar-refractivity contribution in [2.24, 2.45) is 0 Å². The molecular weight excluding hydrogens is 220 g/mol. The van der Waals surface area contributed by atoms with Gasteiger partial charge in [0.25, 0.3) is 0 Å². The summed E-state index contributed by atoms with van der Waals surface area (Å²) in [6.07, 6.45) is 0. The molecule has 0 atom stereocenters. The molecular formula is C7H2F4N2S. The largest absolute Gasteiger partial charge is 0.394 e. The number of nitriles is 1. The lowest BCUT2D eigenvalue weighted by Gasteiger charge is -2.05. The Morgan fingerprint density at radius 2 is 1.43 bits per heavy atom. The van der Waals surface area contributed by atoms with E-state index in [2.05, 4.69) is 0 Å². The molecule has 0 spiro atoms. The van der Waals surface area contributed by atoms with Gasteiger partial charge in [-0.3, -0.25) is 0 Å². The van der Waals surface area contributed by atoms with Crippen LogP contribution < -0.4 is 5.73 Å². The van der Waals surface area contributed by atoms with Gasteiger partial charge >= 0.3 is 0 Å². The van der Waals surface area contributed by atoms with Crippen molar-refractivity contribution in [2.75, 3.05) is 5.73 Å². The minimum absolute atomic E-state index is 0.0144. The number of thioether (sulfide) groups is 1. The molecule has 1 aromatic carbocycles. The maximum absolute atomic E-state index is 12.9. The number of hydrogen-bond donors (Lipinski definition) is 1. The number of halogens is 4. The van der Waals surface area contributed by atoms with Crippen LogP contribution in [0.4, 0.5) is 23.2 Å². The third kappa shape index (κ3) is 1.48. The number of rotatable bonds is 1. The Hall–Kier alpha value is -1.42. The maximum atomic E-state index is 12.9. The van der Waals surface area contributed by atoms with E-state index >= 15 is 0 Å². The van der Waals surface area contributed by atoms with E-state index in [-0.39, 0.29) is 11.8 Å². The van der Waals surface area contributed by atoms with Crippen LogP contribution in [0.1, 0.15) is 0 Å². The van der Waals surface area contributed by atoms with Gasteiger partial charge in [-0.1, -0.05) is 0 Å². The number of thiocyanates is 1. The summed E-state index contributed by atoms with van der Waals surface area (Å²) in [6.45, 7) is 0. The average Bonchev–Trinajstić information content (AvgIpc) is 2.19. The number of anilines is 1. The lowest BCUT2D eigenvalue weighted by molar-refractivity contribution is 0.432. The first-order valence-electron chi connectivity index (χ1n) is 3.18. The first kappa shape index (κ1) is 10.7. The number of nitrogen functional groups attached to an aromatic ring is 1. The zero-order chi connectivity index (χ0) is 10.9. The van der Waals surface area contributed by atoms with Crippen molar-refractivity contribution < 1.29 is 17.6 Å². The highest BCUT2D eigenvalue weighted by atomic mass is 32.2. The van der Waals surface area contributed by atoms with Gasteiger partial charge in [-0.2, -0.15) is 5.26 Å². The monoisotopic (exact) mass is 222 g/mol. The predicted molar refractivity (Wildman–Crippen MR) is 42.2 cm³/mol. The molecule has 74 valence electrons. The molecule has 0 saturated heterocycles. The molecule has 0 aromatic heterocycles. The average molecular weight is 222 g/mol. The summed E-state index contributed by atoms with van der Waals surface area (Å²) in [7, 11) is 0. The van der Waals surface area contributed by atoms with Crippen molar-refractivity contribution in [3.05, 3.63) is 23.3 Å². The van der Waals surface area contributed by atoms with E-state index in [0.717, 1.165) is 0 Å². The first-order valence-corrected chi connectivity index (χ1v) is 3.99. The van der Waals surface area contributed by atoms with Crippen molar-refractivity contribution in [2.45, 2.75) is 4.90 Å². The van der Waals surface area contributed by atoms with E-state index in [1.807, 2.05) is 0 Å². The van der Waals surface area contributed by atoms with Gasteiger partial charge in [0.1, 0.15) is 16.0 Å². The quantitative estimate of drug-likeness (QED) is 0.261. The third-order valence-electron chi connectivity index (χ3n) is 1.40. The summed E-state index contributed by atoms with van der Waals surface area (Å²) in [5.41, 5.74) is 3.49. The van der Waals surface area contributed by atoms with Gasteiger partial charge in [-0.05, 0) is 11.8 Å². The van der Waals surface area contributed by atoms with Crippen molar-refractivity contribution in [3.8, 4) is 5.40 Å². The second-order valence-corrected chi connectivity index (χ2v) is 2.99. The summed E-state index contributed by atoms with van der Waals surface area (Å²) < 4.78 is 51.2. The normalized spacial score (nSPS) is 9.93. The van der Waals surface area contributed by atoms with E-state index in [0.29, 0.717) is 0 Å². The number of nitrogens with two attached hydrogens (primary N) is 1. The Morgan fingerprint density at radius 3 is 1.79 bits per heavy atom. The molecule has 0 saturated carbocycles. The second-order valence-electron chi connectivity index (χ2n) is 2.19. The minimum atomic E-state index is -1.69. The summed E-state index contributed by atoms with van der Waals surface area (Å²) in [5, 5.41) is 9.43. The van der Waals surface area contributed by atoms with Gasteiger partial charge in [0.2, 0.25) is 0 Å². The predicted octanol–water partition coefficient (Wildman–Crippen LogP) is 2.40. The molecule has 0 radical (unpaired) electrons. The van der Waals surface area contributed by atoms with Gasteiger partial charge in [-0.25, -0.2) is 17.6 Å². The fourth-order valence-corrected chi connectivity index (χ4v) is 1.21. The van der Waals surface area contributed by atoms with Crippen molar-refractivity contribution in [1.29, 1.82) is 5.26 Å². The van der Waals surface area contributed by atoms with Gasteiger partial charge in [-0.15, -0.1) is 0 Å². The first-order chi connectivity index (χ1) is 6.50. The van der Waals surface area contributed by atoms with Crippen LogP contribution >= 0.6 is 11.8 Å².